The molecule has 1 aliphatic rings. The number of hydrogen-bond donors (Lipinski definition) is 1. The molecule has 1 aliphatic carbocycles. The third-order valence-electron chi connectivity index (χ3n) is 3.54. The van der Waals surface area contributed by atoms with Gasteiger partial charge in [-0.15, -0.1) is 0 Å². The lowest BCUT2D eigenvalue weighted by Crippen LogP contribution is -2.44. The molecule has 0 spiro atoms. The molecule has 0 aliphatic heterocycles. The largest absolute Gasteiger partial charge is 0.378 e. The highest BCUT2D eigenvalue weighted by Gasteiger charge is 2.26. The van der Waals surface area contributed by atoms with Crippen LogP contribution in [0.25, 0.3) is 0 Å². The zero-order chi connectivity index (χ0) is 12.0. The van der Waals surface area contributed by atoms with Gasteiger partial charge >= 0.3 is 0 Å². The van der Waals surface area contributed by atoms with Gasteiger partial charge in [0.05, 0.1) is 19.5 Å². The van der Waals surface area contributed by atoms with Crippen LogP contribution in [0.1, 0.15) is 38.5 Å². The maximum atomic E-state index is 6.37. The Morgan fingerprint density at radius 1 is 1.24 bits per heavy atom. The normalized spacial score (nSPS) is 20.1. The summed E-state index contributed by atoms with van der Waals surface area (Å²) in [6.07, 6.45) is 12.9. The molecule has 0 aromatic carbocycles. The van der Waals surface area contributed by atoms with E-state index in [0.29, 0.717) is 6.61 Å². The lowest BCUT2D eigenvalue weighted by Gasteiger charge is -2.27. The standard InChI is InChI=1S/C13H23N3O/c14-13(5-3-1-2-4-6-13)11-17-10-9-16-8-7-15-12-16/h7-8,12H,1-6,9-11,14H2. The number of imidazole rings is 1. The zero-order valence-corrected chi connectivity index (χ0v) is 10.5. The Morgan fingerprint density at radius 2 is 2.00 bits per heavy atom. The van der Waals surface area contributed by atoms with E-state index < -0.39 is 0 Å². The van der Waals surface area contributed by atoms with Gasteiger partial charge in [0.2, 0.25) is 0 Å². The second kappa shape index (κ2) is 6.17. The molecule has 0 bridgehead atoms. The van der Waals surface area contributed by atoms with Crippen LogP contribution in [-0.4, -0.2) is 28.3 Å². The van der Waals surface area contributed by atoms with Crippen LogP contribution in [0.3, 0.4) is 0 Å². The molecule has 2 N–H and O–H groups in total. The molecule has 1 heterocycles. The minimum atomic E-state index is -0.0779. The Labute approximate surface area is 103 Å². The molecule has 1 aromatic rings. The first-order valence-corrected chi connectivity index (χ1v) is 6.61. The van der Waals surface area contributed by atoms with Crippen molar-refractivity contribution in [3.63, 3.8) is 0 Å². The van der Waals surface area contributed by atoms with Crippen molar-refractivity contribution in [2.24, 2.45) is 5.73 Å². The van der Waals surface area contributed by atoms with E-state index in [1.165, 1.54) is 25.7 Å². The highest BCUT2D eigenvalue weighted by atomic mass is 16.5. The summed E-state index contributed by atoms with van der Waals surface area (Å²) in [7, 11) is 0. The van der Waals surface area contributed by atoms with E-state index >= 15 is 0 Å². The van der Waals surface area contributed by atoms with Gasteiger partial charge in [0.1, 0.15) is 0 Å². The average Bonchev–Trinajstić information content (AvgIpc) is 2.74. The van der Waals surface area contributed by atoms with Gasteiger partial charge in [-0.3, -0.25) is 0 Å². The predicted octanol–water partition coefficient (Wildman–Crippen LogP) is 1.95. The number of aromatic nitrogens is 2. The van der Waals surface area contributed by atoms with Gasteiger partial charge in [0.15, 0.2) is 0 Å². The third-order valence-corrected chi connectivity index (χ3v) is 3.54. The van der Waals surface area contributed by atoms with Gasteiger partial charge < -0.3 is 15.0 Å². The smallest absolute Gasteiger partial charge is 0.0946 e. The van der Waals surface area contributed by atoms with Crippen LogP contribution in [0.2, 0.25) is 0 Å². The maximum Gasteiger partial charge on any atom is 0.0946 e. The molecule has 1 fully saturated rings. The Bertz CT molecular complexity index is 302. The molecule has 4 heteroatoms. The van der Waals surface area contributed by atoms with Gasteiger partial charge in [-0.2, -0.15) is 0 Å². The first kappa shape index (κ1) is 12.6. The summed E-state index contributed by atoms with van der Waals surface area (Å²) < 4.78 is 7.76. The van der Waals surface area contributed by atoms with Crippen molar-refractivity contribution in [2.75, 3.05) is 13.2 Å². The third kappa shape index (κ3) is 4.13. The predicted molar refractivity (Wildman–Crippen MR) is 67.7 cm³/mol. The van der Waals surface area contributed by atoms with Gasteiger partial charge in [0.25, 0.3) is 0 Å². The van der Waals surface area contributed by atoms with Crippen molar-refractivity contribution in [1.82, 2.24) is 9.55 Å². The van der Waals surface area contributed by atoms with Crippen molar-refractivity contribution in [2.45, 2.75) is 50.6 Å². The minimum absolute atomic E-state index is 0.0779. The SMILES string of the molecule is NC1(COCCn2ccnc2)CCCCCC1. The molecule has 0 unspecified atom stereocenters. The van der Waals surface area contributed by atoms with Crippen molar-refractivity contribution >= 4 is 0 Å². The summed E-state index contributed by atoms with van der Waals surface area (Å²) in [5.41, 5.74) is 6.30. The Hall–Kier alpha value is -0.870. The molecule has 0 atom stereocenters. The Kier molecular flexibility index (Phi) is 4.57. The fourth-order valence-electron chi connectivity index (χ4n) is 2.44. The Balaban J connectivity index is 1.66. The highest BCUT2D eigenvalue weighted by Crippen LogP contribution is 2.25. The number of ether oxygens (including phenoxy) is 1. The average molecular weight is 237 g/mol. The molecule has 96 valence electrons. The fraction of sp³-hybridized carbons (Fsp3) is 0.769. The van der Waals surface area contributed by atoms with Crippen LogP contribution in [0.4, 0.5) is 0 Å². The second-order valence-electron chi connectivity index (χ2n) is 5.13. The number of hydrogen-bond acceptors (Lipinski definition) is 3. The van der Waals surface area contributed by atoms with Crippen LogP contribution >= 0.6 is 0 Å². The summed E-state index contributed by atoms with van der Waals surface area (Å²) in [4.78, 5) is 4.00. The lowest BCUT2D eigenvalue weighted by atomic mass is 9.93. The van der Waals surface area contributed by atoms with E-state index in [-0.39, 0.29) is 5.54 Å². The van der Waals surface area contributed by atoms with E-state index in [9.17, 15) is 0 Å². The lowest BCUT2D eigenvalue weighted by molar-refractivity contribution is 0.0727. The second-order valence-corrected chi connectivity index (χ2v) is 5.13. The van der Waals surface area contributed by atoms with E-state index in [1.807, 2.05) is 17.1 Å². The molecule has 17 heavy (non-hydrogen) atoms. The fourth-order valence-corrected chi connectivity index (χ4v) is 2.44. The van der Waals surface area contributed by atoms with Gasteiger partial charge in [-0.25, -0.2) is 4.98 Å². The summed E-state index contributed by atoms with van der Waals surface area (Å²) in [6, 6.07) is 0. The van der Waals surface area contributed by atoms with Gasteiger partial charge in [-0.05, 0) is 12.8 Å². The number of rotatable bonds is 5. The van der Waals surface area contributed by atoms with Crippen molar-refractivity contribution in [3.05, 3.63) is 18.7 Å². The first-order chi connectivity index (χ1) is 8.29. The van der Waals surface area contributed by atoms with Crippen molar-refractivity contribution in [3.8, 4) is 0 Å². The zero-order valence-electron chi connectivity index (χ0n) is 10.5. The Morgan fingerprint density at radius 3 is 2.65 bits per heavy atom. The number of nitrogens with zero attached hydrogens (tertiary/aromatic N) is 2. The minimum Gasteiger partial charge on any atom is -0.378 e. The van der Waals surface area contributed by atoms with Gasteiger partial charge in [0, 0.05) is 24.5 Å². The molecule has 0 radical (unpaired) electrons. The van der Waals surface area contributed by atoms with Crippen LogP contribution in [-0.2, 0) is 11.3 Å². The quantitative estimate of drug-likeness (QED) is 0.629. The molecular formula is C13H23N3O. The van der Waals surface area contributed by atoms with Crippen molar-refractivity contribution in [1.29, 1.82) is 0 Å². The summed E-state index contributed by atoms with van der Waals surface area (Å²) in [5.74, 6) is 0. The maximum absolute atomic E-state index is 6.37. The molecule has 4 nitrogen and oxygen atoms in total. The van der Waals surface area contributed by atoms with Gasteiger partial charge in [-0.1, -0.05) is 25.7 Å². The van der Waals surface area contributed by atoms with Crippen LogP contribution < -0.4 is 5.73 Å². The highest BCUT2D eigenvalue weighted by molar-refractivity contribution is 4.85. The first-order valence-electron chi connectivity index (χ1n) is 6.61. The number of nitrogens with two attached hydrogens (primary N) is 1. The molecular weight excluding hydrogens is 214 g/mol. The molecule has 0 amide bonds. The molecule has 1 aromatic heterocycles. The van der Waals surface area contributed by atoms with E-state index in [1.54, 1.807) is 6.20 Å². The van der Waals surface area contributed by atoms with E-state index in [4.69, 9.17) is 10.5 Å². The summed E-state index contributed by atoms with van der Waals surface area (Å²) in [6.45, 7) is 2.27. The summed E-state index contributed by atoms with van der Waals surface area (Å²) >= 11 is 0. The van der Waals surface area contributed by atoms with Crippen LogP contribution in [0, 0.1) is 0 Å². The molecule has 2 rings (SSSR count). The molecule has 1 saturated carbocycles. The van der Waals surface area contributed by atoms with Crippen molar-refractivity contribution < 1.29 is 4.74 Å². The van der Waals surface area contributed by atoms with E-state index in [0.717, 1.165) is 26.0 Å². The van der Waals surface area contributed by atoms with Crippen LogP contribution in [0.5, 0.6) is 0 Å². The monoisotopic (exact) mass is 237 g/mol. The summed E-state index contributed by atoms with van der Waals surface area (Å²) in [5, 5.41) is 0. The topological polar surface area (TPSA) is 53.1 Å². The van der Waals surface area contributed by atoms with Crippen LogP contribution in [0.15, 0.2) is 18.7 Å². The molecule has 0 saturated heterocycles. The van der Waals surface area contributed by atoms with E-state index in [2.05, 4.69) is 4.98 Å².